The van der Waals surface area contributed by atoms with Crippen molar-refractivity contribution in [2.24, 2.45) is 4.99 Å². The third kappa shape index (κ3) is 11.1. The Balaban J connectivity index is 2.35. The lowest BCUT2D eigenvalue weighted by Crippen LogP contribution is -2.38. The van der Waals surface area contributed by atoms with Gasteiger partial charge < -0.3 is 24.8 Å². The molecule has 0 saturated heterocycles. The van der Waals surface area contributed by atoms with Crippen LogP contribution in [-0.4, -0.2) is 52.1 Å². The van der Waals surface area contributed by atoms with Crippen LogP contribution >= 0.6 is 0 Å². The Morgan fingerprint density at radius 2 is 1.77 bits per heavy atom. The Hall–Kier alpha value is -1.63. The van der Waals surface area contributed by atoms with Gasteiger partial charge in [-0.15, -0.1) is 0 Å². The van der Waals surface area contributed by atoms with Crippen molar-refractivity contribution in [2.75, 3.05) is 40.0 Å². The number of hydrogen-bond acceptors (Lipinski definition) is 4. The summed E-state index contributed by atoms with van der Waals surface area (Å²) in [7, 11) is 1.68. The first-order chi connectivity index (χ1) is 12.7. The van der Waals surface area contributed by atoms with E-state index in [-0.39, 0.29) is 6.10 Å². The lowest BCUT2D eigenvalue weighted by Gasteiger charge is -2.12. The number of nitrogens with one attached hydrogen (secondary N) is 2. The second kappa shape index (κ2) is 14.5. The molecule has 2 N–H and O–H groups in total. The molecule has 0 amide bonds. The maximum atomic E-state index is 5.62. The number of benzene rings is 1. The average molecular weight is 366 g/mol. The molecule has 0 radical (unpaired) electrons. The average Bonchev–Trinajstić information content (AvgIpc) is 2.64. The molecule has 0 fully saturated rings. The highest BCUT2D eigenvalue weighted by atomic mass is 16.5. The standard InChI is InChI=1S/C20H35N3O3/c1-5-21-20(22-11-6-12-25-14-13-24-4)23-15-18-7-9-19(10-8-18)16-26-17(2)3/h7-10,17H,5-6,11-16H2,1-4H3,(H2,21,22,23). The van der Waals surface area contributed by atoms with Crippen LogP contribution in [0.25, 0.3) is 0 Å². The number of nitrogens with zero attached hydrogens (tertiary/aromatic N) is 1. The smallest absolute Gasteiger partial charge is 0.191 e. The maximum Gasteiger partial charge on any atom is 0.191 e. The van der Waals surface area contributed by atoms with Crippen molar-refractivity contribution in [1.29, 1.82) is 0 Å². The summed E-state index contributed by atoms with van der Waals surface area (Å²) >= 11 is 0. The van der Waals surface area contributed by atoms with Gasteiger partial charge in [-0.3, -0.25) is 0 Å². The van der Waals surface area contributed by atoms with Gasteiger partial charge in [-0.25, -0.2) is 4.99 Å². The van der Waals surface area contributed by atoms with Crippen LogP contribution in [0.1, 0.15) is 38.3 Å². The molecular formula is C20H35N3O3. The minimum atomic E-state index is 0.249. The largest absolute Gasteiger partial charge is 0.382 e. The Morgan fingerprint density at radius 3 is 2.42 bits per heavy atom. The Bertz CT molecular complexity index is 490. The molecule has 0 aliphatic heterocycles. The molecule has 0 heterocycles. The quantitative estimate of drug-likeness (QED) is 0.320. The van der Waals surface area contributed by atoms with Crippen LogP contribution in [0, 0.1) is 0 Å². The fourth-order valence-electron chi connectivity index (χ4n) is 2.14. The van der Waals surface area contributed by atoms with Crippen molar-refractivity contribution in [2.45, 2.75) is 46.4 Å². The van der Waals surface area contributed by atoms with Gasteiger partial charge in [-0.1, -0.05) is 24.3 Å². The van der Waals surface area contributed by atoms with E-state index in [0.717, 1.165) is 32.1 Å². The zero-order valence-corrected chi connectivity index (χ0v) is 16.7. The van der Waals surface area contributed by atoms with Crippen molar-refractivity contribution >= 4 is 5.96 Å². The number of ether oxygens (including phenoxy) is 3. The molecule has 0 bridgehead atoms. The van der Waals surface area contributed by atoms with Gasteiger partial charge in [0, 0.05) is 26.8 Å². The summed E-state index contributed by atoms with van der Waals surface area (Å²) in [5.74, 6) is 0.830. The first-order valence-electron chi connectivity index (χ1n) is 9.44. The summed E-state index contributed by atoms with van der Waals surface area (Å²) in [6.07, 6.45) is 1.18. The number of methoxy groups -OCH3 is 1. The normalized spacial score (nSPS) is 11.8. The monoisotopic (exact) mass is 365 g/mol. The van der Waals surface area contributed by atoms with Crippen molar-refractivity contribution in [3.63, 3.8) is 0 Å². The summed E-state index contributed by atoms with van der Waals surface area (Å²) in [5, 5.41) is 6.60. The second-order valence-corrected chi connectivity index (χ2v) is 6.26. The van der Waals surface area contributed by atoms with E-state index in [1.54, 1.807) is 7.11 Å². The molecule has 1 aromatic rings. The molecule has 0 aromatic heterocycles. The fourth-order valence-corrected chi connectivity index (χ4v) is 2.14. The fraction of sp³-hybridized carbons (Fsp3) is 0.650. The summed E-state index contributed by atoms with van der Waals surface area (Å²) in [4.78, 5) is 4.64. The van der Waals surface area contributed by atoms with Gasteiger partial charge in [0.1, 0.15) is 0 Å². The first kappa shape index (κ1) is 22.4. The first-order valence-corrected chi connectivity index (χ1v) is 9.44. The van der Waals surface area contributed by atoms with Crippen LogP contribution in [0.3, 0.4) is 0 Å². The zero-order chi connectivity index (χ0) is 19.0. The zero-order valence-electron chi connectivity index (χ0n) is 16.7. The minimum absolute atomic E-state index is 0.249. The number of guanidine groups is 1. The number of hydrogen-bond donors (Lipinski definition) is 2. The van der Waals surface area contributed by atoms with Gasteiger partial charge in [0.2, 0.25) is 0 Å². The van der Waals surface area contributed by atoms with E-state index in [1.165, 1.54) is 11.1 Å². The highest BCUT2D eigenvalue weighted by Crippen LogP contribution is 2.08. The topological polar surface area (TPSA) is 64.1 Å². The lowest BCUT2D eigenvalue weighted by atomic mass is 10.1. The highest BCUT2D eigenvalue weighted by molar-refractivity contribution is 5.79. The van der Waals surface area contributed by atoms with E-state index >= 15 is 0 Å². The predicted molar refractivity (Wildman–Crippen MR) is 106 cm³/mol. The van der Waals surface area contributed by atoms with Crippen molar-refractivity contribution in [3.8, 4) is 0 Å². The number of rotatable bonds is 13. The van der Waals surface area contributed by atoms with E-state index in [4.69, 9.17) is 14.2 Å². The van der Waals surface area contributed by atoms with Gasteiger partial charge >= 0.3 is 0 Å². The van der Waals surface area contributed by atoms with Crippen LogP contribution in [0.4, 0.5) is 0 Å². The molecule has 1 rings (SSSR count). The molecule has 6 heteroatoms. The van der Waals surface area contributed by atoms with Crippen LogP contribution < -0.4 is 10.6 Å². The van der Waals surface area contributed by atoms with Crippen molar-refractivity contribution < 1.29 is 14.2 Å². The van der Waals surface area contributed by atoms with Crippen LogP contribution in [0.2, 0.25) is 0 Å². The lowest BCUT2D eigenvalue weighted by molar-refractivity contribution is 0.0657. The molecule has 1 aromatic carbocycles. The van der Waals surface area contributed by atoms with E-state index in [0.29, 0.717) is 26.4 Å². The second-order valence-electron chi connectivity index (χ2n) is 6.26. The molecule has 0 saturated carbocycles. The predicted octanol–water partition coefficient (Wildman–Crippen LogP) is 2.72. The molecule has 0 aliphatic rings. The summed E-state index contributed by atoms with van der Waals surface area (Å²) in [6, 6.07) is 8.42. The minimum Gasteiger partial charge on any atom is -0.382 e. The number of aliphatic imine (C=N–C) groups is 1. The van der Waals surface area contributed by atoms with E-state index in [9.17, 15) is 0 Å². The summed E-state index contributed by atoms with van der Waals surface area (Å²) < 4.78 is 16.0. The molecule has 26 heavy (non-hydrogen) atoms. The summed E-state index contributed by atoms with van der Waals surface area (Å²) in [5.41, 5.74) is 2.36. The molecular weight excluding hydrogens is 330 g/mol. The van der Waals surface area contributed by atoms with Gasteiger partial charge in [0.15, 0.2) is 5.96 Å². The molecule has 6 nitrogen and oxygen atoms in total. The van der Waals surface area contributed by atoms with E-state index in [1.807, 2.05) is 13.8 Å². The van der Waals surface area contributed by atoms with Crippen LogP contribution in [0.5, 0.6) is 0 Å². The maximum absolute atomic E-state index is 5.62. The molecule has 148 valence electrons. The highest BCUT2D eigenvalue weighted by Gasteiger charge is 2.00. The van der Waals surface area contributed by atoms with Crippen LogP contribution in [0.15, 0.2) is 29.3 Å². The Morgan fingerprint density at radius 1 is 1.04 bits per heavy atom. The summed E-state index contributed by atoms with van der Waals surface area (Å²) in [6.45, 7) is 11.1. The molecule has 0 unspecified atom stereocenters. The van der Waals surface area contributed by atoms with Gasteiger partial charge in [0.05, 0.1) is 32.5 Å². The Kier molecular flexibility index (Phi) is 12.5. The third-order valence-corrected chi connectivity index (χ3v) is 3.56. The Labute approximate surface area is 158 Å². The van der Waals surface area contributed by atoms with E-state index in [2.05, 4.69) is 46.8 Å². The molecule has 0 atom stereocenters. The van der Waals surface area contributed by atoms with Gasteiger partial charge in [-0.05, 0) is 38.3 Å². The van der Waals surface area contributed by atoms with Crippen LogP contribution in [-0.2, 0) is 27.4 Å². The third-order valence-electron chi connectivity index (χ3n) is 3.56. The van der Waals surface area contributed by atoms with E-state index < -0.39 is 0 Å². The van der Waals surface area contributed by atoms with Gasteiger partial charge in [0.25, 0.3) is 0 Å². The molecule has 0 aliphatic carbocycles. The van der Waals surface area contributed by atoms with Crippen molar-refractivity contribution in [3.05, 3.63) is 35.4 Å². The SMILES string of the molecule is CCNC(=NCc1ccc(COC(C)C)cc1)NCCCOCCOC. The molecule has 0 spiro atoms. The van der Waals surface area contributed by atoms with Gasteiger partial charge in [-0.2, -0.15) is 0 Å². The van der Waals surface area contributed by atoms with Crippen molar-refractivity contribution in [1.82, 2.24) is 10.6 Å².